The van der Waals surface area contributed by atoms with Crippen LogP contribution in [0.1, 0.15) is 31.9 Å². The third-order valence-electron chi connectivity index (χ3n) is 3.39. The van der Waals surface area contributed by atoms with Gasteiger partial charge in [0.05, 0.1) is 5.69 Å². The fourth-order valence-electron chi connectivity index (χ4n) is 2.20. The second kappa shape index (κ2) is 7.28. The quantitative estimate of drug-likeness (QED) is 0.666. The summed E-state index contributed by atoms with van der Waals surface area (Å²) in [6.07, 6.45) is 0. The van der Waals surface area contributed by atoms with Gasteiger partial charge in [0.25, 0.3) is 0 Å². The summed E-state index contributed by atoms with van der Waals surface area (Å²) in [4.78, 5) is 0. The van der Waals surface area contributed by atoms with Gasteiger partial charge in [0.2, 0.25) is 0 Å². The van der Waals surface area contributed by atoms with Crippen molar-refractivity contribution in [2.24, 2.45) is 5.73 Å². The number of halogens is 1. The topological polar surface area (TPSA) is 81.4 Å². The highest BCUT2D eigenvalue weighted by atomic mass is 127. The molecule has 0 amide bonds. The predicted octanol–water partition coefficient (Wildman–Crippen LogP) is 3.78. The van der Waals surface area contributed by atoms with E-state index in [1.807, 2.05) is 6.07 Å². The van der Waals surface area contributed by atoms with E-state index in [9.17, 15) is 8.42 Å². The Morgan fingerprint density at radius 1 is 1.17 bits per heavy atom. The van der Waals surface area contributed by atoms with Crippen LogP contribution >= 0.6 is 22.6 Å². The Labute approximate surface area is 157 Å². The summed E-state index contributed by atoms with van der Waals surface area (Å²) in [6.45, 7) is 6.48. The van der Waals surface area contributed by atoms with Crippen molar-refractivity contribution in [3.05, 3.63) is 57.2 Å². The van der Waals surface area contributed by atoms with Crippen LogP contribution in [0.3, 0.4) is 0 Å². The fraction of sp³-hybridized carbons (Fsp3) is 0.294. The maximum absolute atomic E-state index is 12.3. The van der Waals surface area contributed by atoms with Gasteiger partial charge in [-0.1, -0.05) is 39.0 Å². The van der Waals surface area contributed by atoms with Crippen molar-refractivity contribution in [2.45, 2.75) is 32.7 Å². The molecule has 0 saturated carbocycles. The number of hydrogen-bond donors (Lipinski definition) is 2. The van der Waals surface area contributed by atoms with Crippen LogP contribution in [0.4, 0.5) is 5.69 Å². The van der Waals surface area contributed by atoms with Crippen LogP contribution < -0.4 is 14.6 Å². The fourth-order valence-corrected chi connectivity index (χ4v) is 4.31. The van der Waals surface area contributed by atoms with Crippen molar-refractivity contribution in [1.82, 2.24) is 0 Å². The van der Waals surface area contributed by atoms with Gasteiger partial charge < -0.3 is 9.92 Å². The Morgan fingerprint density at radius 2 is 1.79 bits per heavy atom. The van der Waals surface area contributed by atoms with Gasteiger partial charge in [0, 0.05) is 15.7 Å². The SMILES string of the molecule is CC(C)(C)c1cc(CN)c(OS(=O)(=O)Nc2ccccc2)cc1I. The smallest absolute Gasteiger partial charge is 0.366 e. The summed E-state index contributed by atoms with van der Waals surface area (Å²) in [7, 11) is -3.99. The van der Waals surface area contributed by atoms with Crippen molar-refractivity contribution in [3.8, 4) is 5.75 Å². The molecule has 130 valence electrons. The molecule has 2 rings (SSSR count). The van der Waals surface area contributed by atoms with E-state index in [2.05, 4.69) is 48.1 Å². The molecule has 2 aromatic rings. The average Bonchev–Trinajstić information content (AvgIpc) is 2.46. The molecule has 0 fully saturated rings. The van der Waals surface area contributed by atoms with Crippen LogP contribution in [0, 0.1) is 3.57 Å². The molecule has 0 saturated heterocycles. The van der Waals surface area contributed by atoms with Crippen molar-refractivity contribution >= 4 is 38.6 Å². The summed E-state index contributed by atoms with van der Waals surface area (Å²) < 4.78 is 33.1. The molecule has 0 atom stereocenters. The Bertz CT molecular complexity index is 816. The summed E-state index contributed by atoms with van der Waals surface area (Å²) >= 11 is 2.18. The Balaban J connectivity index is 2.33. The molecule has 7 heteroatoms. The Kier molecular flexibility index (Phi) is 5.77. The zero-order chi connectivity index (χ0) is 18.0. The molecular weight excluding hydrogens is 439 g/mol. The molecule has 0 aliphatic rings. The molecule has 5 nitrogen and oxygen atoms in total. The lowest BCUT2D eigenvalue weighted by molar-refractivity contribution is 0.488. The second-order valence-electron chi connectivity index (χ2n) is 6.40. The molecule has 24 heavy (non-hydrogen) atoms. The molecule has 0 unspecified atom stereocenters. The third kappa shape index (κ3) is 4.84. The van der Waals surface area contributed by atoms with Gasteiger partial charge in [-0.15, -0.1) is 0 Å². The van der Waals surface area contributed by atoms with Crippen molar-refractivity contribution < 1.29 is 12.6 Å². The molecule has 0 radical (unpaired) electrons. The molecule has 0 bridgehead atoms. The zero-order valence-electron chi connectivity index (χ0n) is 13.8. The molecule has 0 aliphatic heterocycles. The maximum Gasteiger partial charge on any atom is 0.407 e. The number of nitrogens with two attached hydrogens (primary N) is 1. The lowest BCUT2D eigenvalue weighted by atomic mass is 9.86. The Morgan fingerprint density at radius 3 is 2.33 bits per heavy atom. The summed E-state index contributed by atoms with van der Waals surface area (Å²) in [5.74, 6) is 0.248. The molecule has 0 aliphatic carbocycles. The standard InChI is InChI=1S/C17H21IN2O3S/c1-17(2,3)14-9-12(11-19)16(10-15(14)18)23-24(21,22)20-13-7-5-4-6-8-13/h4-10,20H,11,19H2,1-3H3. The lowest BCUT2D eigenvalue weighted by Crippen LogP contribution is -2.21. The molecular formula is C17H21IN2O3S. The number of rotatable bonds is 5. The molecule has 3 N–H and O–H groups in total. The van der Waals surface area contributed by atoms with Gasteiger partial charge in [-0.3, -0.25) is 4.72 Å². The van der Waals surface area contributed by atoms with E-state index in [0.29, 0.717) is 11.3 Å². The first-order valence-corrected chi connectivity index (χ1v) is 9.91. The van der Waals surface area contributed by atoms with Crippen LogP contribution in [0.2, 0.25) is 0 Å². The lowest BCUT2D eigenvalue weighted by Gasteiger charge is -2.23. The van der Waals surface area contributed by atoms with E-state index in [4.69, 9.17) is 9.92 Å². The van der Waals surface area contributed by atoms with E-state index in [-0.39, 0.29) is 17.7 Å². The van der Waals surface area contributed by atoms with E-state index in [0.717, 1.165) is 9.13 Å². The summed E-state index contributed by atoms with van der Waals surface area (Å²) in [6, 6.07) is 12.2. The van der Waals surface area contributed by atoms with Gasteiger partial charge in [-0.25, -0.2) is 0 Å². The highest BCUT2D eigenvalue weighted by Gasteiger charge is 2.22. The van der Waals surface area contributed by atoms with E-state index < -0.39 is 10.3 Å². The summed E-state index contributed by atoms with van der Waals surface area (Å²) in [5.41, 5.74) is 7.91. The number of benzene rings is 2. The monoisotopic (exact) mass is 460 g/mol. The first kappa shape index (κ1) is 19.0. The van der Waals surface area contributed by atoms with Gasteiger partial charge in [-0.2, -0.15) is 8.42 Å². The van der Waals surface area contributed by atoms with Crippen LogP contribution in [0.25, 0.3) is 0 Å². The van der Waals surface area contributed by atoms with Crippen molar-refractivity contribution in [2.75, 3.05) is 4.72 Å². The van der Waals surface area contributed by atoms with Gasteiger partial charge in [0.1, 0.15) is 5.75 Å². The maximum atomic E-state index is 12.3. The highest BCUT2D eigenvalue weighted by Crippen LogP contribution is 2.33. The molecule has 0 heterocycles. The van der Waals surface area contributed by atoms with Gasteiger partial charge >= 0.3 is 10.3 Å². The highest BCUT2D eigenvalue weighted by molar-refractivity contribution is 14.1. The number of para-hydroxylation sites is 1. The van der Waals surface area contributed by atoms with Crippen LogP contribution in [-0.2, 0) is 22.3 Å². The second-order valence-corrected chi connectivity index (χ2v) is 8.84. The van der Waals surface area contributed by atoms with Crippen LogP contribution in [-0.4, -0.2) is 8.42 Å². The van der Waals surface area contributed by atoms with Crippen LogP contribution in [0.5, 0.6) is 5.75 Å². The number of anilines is 1. The van der Waals surface area contributed by atoms with E-state index in [1.165, 1.54) is 0 Å². The first-order chi connectivity index (χ1) is 11.1. The average molecular weight is 460 g/mol. The largest absolute Gasteiger partial charge is 0.407 e. The summed E-state index contributed by atoms with van der Waals surface area (Å²) in [5, 5.41) is 0. The zero-order valence-corrected chi connectivity index (χ0v) is 16.8. The first-order valence-electron chi connectivity index (χ1n) is 7.42. The van der Waals surface area contributed by atoms with E-state index in [1.54, 1.807) is 36.4 Å². The minimum Gasteiger partial charge on any atom is -0.366 e. The normalized spacial score (nSPS) is 12.0. The van der Waals surface area contributed by atoms with Crippen molar-refractivity contribution in [1.29, 1.82) is 0 Å². The van der Waals surface area contributed by atoms with Crippen LogP contribution in [0.15, 0.2) is 42.5 Å². The molecule has 0 aromatic heterocycles. The third-order valence-corrected chi connectivity index (χ3v) is 5.17. The predicted molar refractivity (Wildman–Crippen MR) is 105 cm³/mol. The van der Waals surface area contributed by atoms with Gasteiger partial charge in [0.15, 0.2) is 0 Å². The molecule has 0 spiro atoms. The minimum atomic E-state index is -3.99. The number of nitrogens with one attached hydrogen (secondary N) is 1. The van der Waals surface area contributed by atoms with Crippen molar-refractivity contribution in [3.63, 3.8) is 0 Å². The molecule has 2 aromatic carbocycles. The Hall–Kier alpha value is -1.32. The number of hydrogen-bond acceptors (Lipinski definition) is 4. The minimum absolute atomic E-state index is 0.0693. The van der Waals surface area contributed by atoms with E-state index >= 15 is 0 Å². The van der Waals surface area contributed by atoms with Gasteiger partial charge in [-0.05, 0) is 57.8 Å².